The molecule has 0 saturated carbocycles. The van der Waals surface area contributed by atoms with Gasteiger partial charge in [0.2, 0.25) is 11.6 Å². The molecule has 0 aliphatic carbocycles. The molecule has 148 valence electrons. The largest absolute Gasteiger partial charge is 0.478 e. The van der Waals surface area contributed by atoms with Crippen molar-refractivity contribution in [3.63, 3.8) is 0 Å². The summed E-state index contributed by atoms with van der Waals surface area (Å²) in [6.07, 6.45) is 0. The molecule has 0 bridgehead atoms. The number of nitrogens with zero attached hydrogens (tertiary/aromatic N) is 3. The molecule has 1 amide bonds. The number of hydrogen-bond acceptors (Lipinski definition) is 6. The Morgan fingerprint density at radius 1 is 0.893 bits per heavy atom. The molecule has 28 heavy (non-hydrogen) atoms. The van der Waals surface area contributed by atoms with Crippen LogP contribution in [0.2, 0.25) is 0 Å². The molecule has 0 radical (unpaired) electrons. The maximum Gasteiger partial charge on any atom is 0.335 e. The van der Waals surface area contributed by atoms with Crippen molar-refractivity contribution in [2.24, 2.45) is 0 Å². The normalized spacial score (nSPS) is 9.71. The predicted octanol–water partition coefficient (Wildman–Crippen LogP) is 2.87. The first-order chi connectivity index (χ1) is 13.0. The second kappa shape index (κ2) is 9.12. The lowest BCUT2D eigenvalue weighted by Gasteiger charge is -2.09. The first-order valence-electron chi connectivity index (χ1n) is 7.28. The Hall–Kier alpha value is -3.96. The molecular weight excluding hydrogens is 384 g/mol. The quantitative estimate of drug-likeness (QED) is 0.617. The van der Waals surface area contributed by atoms with Crippen LogP contribution in [0, 0.1) is 31.9 Å². The predicted molar refractivity (Wildman–Crippen MR) is 91.1 cm³/mol. The van der Waals surface area contributed by atoms with E-state index in [1.807, 2.05) is 0 Å². The van der Waals surface area contributed by atoms with Gasteiger partial charge in [-0.05, 0) is 24.3 Å². The summed E-state index contributed by atoms with van der Waals surface area (Å²) in [4.78, 5) is 41.8. The number of nitro benzene ring substituents is 2. The third-order valence-electron chi connectivity index (χ3n) is 3.19. The number of carboxylic acid groups (broad SMARTS) is 1. The van der Waals surface area contributed by atoms with E-state index in [9.17, 15) is 38.6 Å². The SMILES string of the molecule is CN(C)C(=O)c1ccc(F)c([N+](=O)[O-])c1.O=C(O)c1ccc(F)c([N+](=O)[O-])c1. The van der Waals surface area contributed by atoms with Crippen molar-refractivity contribution in [1.29, 1.82) is 0 Å². The van der Waals surface area contributed by atoms with Crippen LogP contribution in [0.3, 0.4) is 0 Å². The molecule has 0 fully saturated rings. The Kier molecular flexibility index (Phi) is 7.19. The van der Waals surface area contributed by atoms with Crippen molar-refractivity contribution in [3.05, 3.63) is 79.4 Å². The van der Waals surface area contributed by atoms with Crippen LogP contribution in [0.5, 0.6) is 0 Å². The Morgan fingerprint density at radius 3 is 1.64 bits per heavy atom. The van der Waals surface area contributed by atoms with Crippen LogP contribution in [-0.2, 0) is 0 Å². The zero-order chi connectivity index (χ0) is 21.6. The van der Waals surface area contributed by atoms with E-state index in [0.717, 1.165) is 24.3 Å². The van der Waals surface area contributed by atoms with E-state index < -0.39 is 44.7 Å². The smallest absolute Gasteiger partial charge is 0.335 e. The lowest BCUT2D eigenvalue weighted by atomic mass is 10.2. The highest BCUT2D eigenvalue weighted by atomic mass is 19.1. The number of hydrogen-bond donors (Lipinski definition) is 1. The van der Waals surface area contributed by atoms with Gasteiger partial charge in [-0.25, -0.2) is 4.79 Å². The number of nitro groups is 2. The number of carbonyl (C=O) groups is 2. The van der Waals surface area contributed by atoms with Crippen LogP contribution in [0.15, 0.2) is 36.4 Å². The van der Waals surface area contributed by atoms with Gasteiger partial charge in [0, 0.05) is 31.8 Å². The topological polar surface area (TPSA) is 144 Å². The van der Waals surface area contributed by atoms with E-state index in [2.05, 4.69) is 0 Å². The first kappa shape index (κ1) is 22.1. The van der Waals surface area contributed by atoms with Gasteiger partial charge in [-0.15, -0.1) is 0 Å². The number of amides is 1. The molecule has 0 aromatic heterocycles. The van der Waals surface area contributed by atoms with Crippen molar-refractivity contribution in [2.75, 3.05) is 14.1 Å². The van der Waals surface area contributed by atoms with Crippen LogP contribution in [-0.4, -0.2) is 45.8 Å². The fraction of sp³-hybridized carbons (Fsp3) is 0.125. The van der Waals surface area contributed by atoms with Crippen molar-refractivity contribution in [2.45, 2.75) is 0 Å². The molecule has 0 spiro atoms. The highest BCUT2D eigenvalue weighted by molar-refractivity contribution is 5.94. The molecule has 2 rings (SSSR count). The Labute approximate surface area is 155 Å². The maximum atomic E-state index is 12.9. The zero-order valence-corrected chi connectivity index (χ0v) is 14.5. The van der Waals surface area contributed by atoms with Crippen molar-refractivity contribution < 1.29 is 33.3 Å². The molecule has 1 N–H and O–H groups in total. The van der Waals surface area contributed by atoms with Gasteiger partial charge in [0.05, 0.1) is 15.4 Å². The lowest BCUT2D eigenvalue weighted by Crippen LogP contribution is -2.21. The lowest BCUT2D eigenvalue weighted by molar-refractivity contribution is -0.387. The number of aromatic carboxylic acids is 1. The fourth-order valence-corrected chi connectivity index (χ4v) is 1.83. The minimum absolute atomic E-state index is 0.0908. The molecule has 12 heteroatoms. The molecule has 2 aromatic carbocycles. The van der Waals surface area contributed by atoms with Crippen LogP contribution < -0.4 is 0 Å². The van der Waals surface area contributed by atoms with Gasteiger partial charge in [-0.3, -0.25) is 25.0 Å². The summed E-state index contributed by atoms with van der Waals surface area (Å²) in [6, 6.07) is 5.45. The average molecular weight is 397 g/mol. The molecule has 0 atom stereocenters. The molecular formula is C16H13F2N3O7. The zero-order valence-electron chi connectivity index (χ0n) is 14.5. The van der Waals surface area contributed by atoms with E-state index in [1.165, 1.54) is 25.1 Å². The van der Waals surface area contributed by atoms with Crippen LogP contribution in [0.25, 0.3) is 0 Å². The molecule has 0 heterocycles. The number of rotatable bonds is 4. The molecule has 0 saturated heterocycles. The summed E-state index contributed by atoms with van der Waals surface area (Å²) in [6.45, 7) is 0. The summed E-state index contributed by atoms with van der Waals surface area (Å²) in [5.74, 6) is -3.73. The maximum absolute atomic E-state index is 12.9. The van der Waals surface area contributed by atoms with Gasteiger partial charge in [0.1, 0.15) is 0 Å². The van der Waals surface area contributed by atoms with Gasteiger partial charge in [-0.1, -0.05) is 0 Å². The first-order valence-corrected chi connectivity index (χ1v) is 7.28. The fourth-order valence-electron chi connectivity index (χ4n) is 1.83. The van der Waals surface area contributed by atoms with E-state index >= 15 is 0 Å². The third-order valence-corrected chi connectivity index (χ3v) is 3.19. The monoisotopic (exact) mass is 397 g/mol. The number of carbonyl (C=O) groups excluding carboxylic acids is 1. The summed E-state index contributed by atoms with van der Waals surface area (Å²) >= 11 is 0. The Bertz CT molecular complexity index is 948. The second-order valence-electron chi connectivity index (χ2n) is 5.35. The molecule has 2 aromatic rings. The number of carboxylic acids is 1. The van der Waals surface area contributed by atoms with E-state index in [1.54, 1.807) is 0 Å². The Morgan fingerprint density at radius 2 is 1.29 bits per heavy atom. The summed E-state index contributed by atoms with van der Waals surface area (Å²) in [5, 5.41) is 29.0. The van der Waals surface area contributed by atoms with Gasteiger partial charge in [0.15, 0.2) is 0 Å². The van der Waals surface area contributed by atoms with Gasteiger partial charge in [-0.2, -0.15) is 8.78 Å². The minimum Gasteiger partial charge on any atom is -0.478 e. The van der Waals surface area contributed by atoms with Gasteiger partial charge < -0.3 is 10.0 Å². The standard InChI is InChI=1S/C9H9FN2O3.C7H4FNO4/c1-11(2)9(13)6-3-4-7(10)8(5-6)12(14)15;8-5-2-1-4(7(10)11)3-6(5)9(12)13/h3-5H,1-2H3;1-3H,(H,10,11). The molecule has 10 nitrogen and oxygen atoms in total. The number of benzene rings is 2. The molecule has 0 aliphatic heterocycles. The highest BCUT2D eigenvalue weighted by Gasteiger charge is 2.18. The van der Waals surface area contributed by atoms with Gasteiger partial charge in [0.25, 0.3) is 5.91 Å². The highest BCUT2D eigenvalue weighted by Crippen LogP contribution is 2.19. The summed E-state index contributed by atoms with van der Waals surface area (Å²) < 4.78 is 25.6. The van der Waals surface area contributed by atoms with E-state index in [0.29, 0.717) is 6.07 Å². The third kappa shape index (κ3) is 5.52. The Balaban J connectivity index is 0.000000283. The summed E-state index contributed by atoms with van der Waals surface area (Å²) in [7, 11) is 3.02. The van der Waals surface area contributed by atoms with Crippen LogP contribution in [0.4, 0.5) is 20.2 Å². The van der Waals surface area contributed by atoms with Gasteiger partial charge >= 0.3 is 17.3 Å². The number of halogens is 2. The van der Waals surface area contributed by atoms with Crippen molar-refractivity contribution in [3.8, 4) is 0 Å². The molecule has 0 unspecified atom stereocenters. The molecule has 0 aliphatic rings. The minimum atomic E-state index is -1.33. The van der Waals surface area contributed by atoms with Crippen LogP contribution in [0.1, 0.15) is 20.7 Å². The summed E-state index contributed by atoms with van der Waals surface area (Å²) in [5.41, 5.74) is -1.75. The average Bonchev–Trinajstić information content (AvgIpc) is 2.61. The van der Waals surface area contributed by atoms with Crippen molar-refractivity contribution in [1.82, 2.24) is 4.90 Å². The van der Waals surface area contributed by atoms with Crippen LogP contribution >= 0.6 is 0 Å². The van der Waals surface area contributed by atoms with E-state index in [4.69, 9.17) is 5.11 Å². The second-order valence-corrected chi connectivity index (χ2v) is 5.35. The van der Waals surface area contributed by atoms with E-state index in [-0.39, 0.29) is 11.1 Å². The van der Waals surface area contributed by atoms with Crippen molar-refractivity contribution >= 4 is 23.3 Å².